The molecule has 2 heterocycles. The van der Waals surface area contributed by atoms with Crippen LogP contribution in [0, 0.1) is 20.2 Å². The van der Waals surface area contributed by atoms with Gasteiger partial charge in [-0.05, 0) is 18.2 Å². The van der Waals surface area contributed by atoms with E-state index in [-0.39, 0.29) is 17.2 Å². The summed E-state index contributed by atoms with van der Waals surface area (Å²) in [6, 6.07) is 7.53. The summed E-state index contributed by atoms with van der Waals surface area (Å²) in [4.78, 5) is 25.1. The van der Waals surface area contributed by atoms with Crippen molar-refractivity contribution in [3.8, 4) is 11.1 Å². The molecule has 11 heteroatoms. The molecular formula is C17H13Cl2N5O4. The molecule has 3 aromatic rings. The Morgan fingerprint density at radius 2 is 1.71 bits per heavy atom. The van der Waals surface area contributed by atoms with Gasteiger partial charge in [0.2, 0.25) is 5.82 Å². The fourth-order valence-electron chi connectivity index (χ4n) is 2.73. The maximum Gasteiger partial charge on any atom is 0.311 e. The third-order valence-corrected chi connectivity index (χ3v) is 4.61. The fourth-order valence-corrected chi connectivity index (χ4v) is 3.24. The maximum absolute atomic E-state index is 11.4. The summed E-state index contributed by atoms with van der Waals surface area (Å²) in [5.74, 6) is -0.172. The molecular weight excluding hydrogens is 409 g/mol. The molecule has 0 spiro atoms. The molecule has 0 aliphatic rings. The number of nitrogens with two attached hydrogens (primary N) is 1. The normalized spacial score (nSPS) is 10.8. The lowest BCUT2D eigenvalue weighted by Gasteiger charge is -2.04. The van der Waals surface area contributed by atoms with E-state index in [1.807, 2.05) is 0 Å². The van der Waals surface area contributed by atoms with Crippen LogP contribution in [0.5, 0.6) is 0 Å². The standard InChI is InChI=1S/C17H13Cl2N5O4/c18-10-1-3-12(14(19)7-10)13-8-22(9-16(13)24(27)28)6-5-11-2-4-15(23(25)26)17(20)21-11/h1-4,7-9H,5-6H2,(H2,20,21). The topological polar surface area (TPSA) is 130 Å². The number of aryl methyl sites for hydroxylation is 2. The van der Waals surface area contributed by atoms with E-state index in [0.717, 1.165) is 0 Å². The average molecular weight is 422 g/mol. The number of nitrogens with zero attached hydrogens (tertiary/aromatic N) is 4. The second kappa shape index (κ2) is 7.83. The predicted molar refractivity (Wildman–Crippen MR) is 106 cm³/mol. The van der Waals surface area contributed by atoms with E-state index < -0.39 is 9.85 Å². The van der Waals surface area contributed by atoms with Gasteiger partial charge in [0, 0.05) is 41.5 Å². The summed E-state index contributed by atoms with van der Waals surface area (Å²) in [6.07, 6.45) is 3.39. The molecule has 144 valence electrons. The van der Waals surface area contributed by atoms with Gasteiger partial charge >= 0.3 is 5.69 Å². The van der Waals surface area contributed by atoms with Gasteiger partial charge in [0.25, 0.3) is 5.69 Å². The monoisotopic (exact) mass is 421 g/mol. The Morgan fingerprint density at radius 1 is 1.00 bits per heavy atom. The van der Waals surface area contributed by atoms with E-state index in [9.17, 15) is 20.2 Å². The van der Waals surface area contributed by atoms with Crippen molar-refractivity contribution in [2.24, 2.45) is 0 Å². The van der Waals surface area contributed by atoms with Gasteiger partial charge < -0.3 is 10.3 Å². The smallest absolute Gasteiger partial charge is 0.311 e. The minimum Gasteiger partial charge on any atom is -0.378 e. The lowest BCUT2D eigenvalue weighted by molar-refractivity contribution is -0.384. The van der Waals surface area contributed by atoms with Gasteiger partial charge in [-0.15, -0.1) is 0 Å². The average Bonchev–Trinajstić information content (AvgIpc) is 3.04. The number of anilines is 1. The molecule has 0 unspecified atom stereocenters. The van der Waals surface area contributed by atoms with Gasteiger partial charge in [-0.2, -0.15) is 0 Å². The molecule has 9 nitrogen and oxygen atoms in total. The highest BCUT2D eigenvalue weighted by Gasteiger charge is 2.21. The van der Waals surface area contributed by atoms with Gasteiger partial charge in [-0.3, -0.25) is 20.2 Å². The molecule has 0 saturated heterocycles. The number of hydrogen-bond acceptors (Lipinski definition) is 6. The van der Waals surface area contributed by atoms with Gasteiger partial charge in [-0.25, -0.2) is 4.98 Å². The van der Waals surface area contributed by atoms with Gasteiger partial charge in [0.1, 0.15) is 0 Å². The van der Waals surface area contributed by atoms with Crippen LogP contribution >= 0.6 is 23.2 Å². The van der Waals surface area contributed by atoms with Crippen molar-refractivity contribution in [2.75, 3.05) is 5.73 Å². The molecule has 3 rings (SSSR count). The second-order valence-electron chi connectivity index (χ2n) is 5.89. The SMILES string of the molecule is Nc1nc(CCn2cc(-c3ccc(Cl)cc3Cl)c([N+](=O)[O-])c2)ccc1[N+](=O)[O-]. The molecule has 1 aromatic carbocycles. The number of benzene rings is 1. The van der Waals surface area contributed by atoms with E-state index in [1.54, 1.807) is 22.9 Å². The van der Waals surface area contributed by atoms with Crippen molar-refractivity contribution in [3.63, 3.8) is 0 Å². The Hall–Kier alpha value is -3.17. The zero-order valence-corrected chi connectivity index (χ0v) is 15.7. The third kappa shape index (κ3) is 4.05. The largest absolute Gasteiger partial charge is 0.378 e. The molecule has 0 aliphatic carbocycles. The first-order chi connectivity index (χ1) is 13.3. The molecule has 2 N–H and O–H groups in total. The summed E-state index contributed by atoms with van der Waals surface area (Å²) in [5.41, 5.74) is 6.62. The minimum absolute atomic E-state index is 0.0969. The van der Waals surface area contributed by atoms with E-state index in [4.69, 9.17) is 28.9 Å². The molecule has 0 saturated carbocycles. The third-order valence-electron chi connectivity index (χ3n) is 4.06. The van der Waals surface area contributed by atoms with Crippen molar-refractivity contribution in [1.82, 2.24) is 9.55 Å². The lowest BCUT2D eigenvalue weighted by Crippen LogP contribution is -2.04. The summed E-state index contributed by atoms with van der Waals surface area (Å²) >= 11 is 12.1. The summed E-state index contributed by atoms with van der Waals surface area (Å²) in [5, 5.41) is 23.0. The number of nitro groups is 2. The van der Waals surface area contributed by atoms with Crippen molar-refractivity contribution in [3.05, 3.63) is 78.7 Å². The number of halogens is 2. The van der Waals surface area contributed by atoms with Crippen molar-refractivity contribution in [1.29, 1.82) is 0 Å². The molecule has 0 fully saturated rings. The van der Waals surface area contributed by atoms with Crippen LogP contribution in [0.2, 0.25) is 10.0 Å². The highest BCUT2D eigenvalue weighted by atomic mass is 35.5. The molecule has 0 bridgehead atoms. The number of pyridine rings is 1. The molecule has 0 aliphatic heterocycles. The van der Waals surface area contributed by atoms with Crippen LogP contribution < -0.4 is 5.73 Å². The summed E-state index contributed by atoms with van der Waals surface area (Å²) in [6.45, 7) is 0.357. The molecule has 0 amide bonds. The number of nitrogen functional groups attached to an aromatic ring is 1. The van der Waals surface area contributed by atoms with Crippen LogP contribution in [0.4, 0.5) is 17.2 Å². The van der Waals surface area contributed by atoms with Gasteiger partial charge in [0.05, 0.1) is 26.6 Å². The van der Waals surface area contributed by atoms with Crippen molar-refractivity contribution >= 4 is 40.4 Å². The molecule has 2 aromatic heterocycles. The number of hydrogen-bond donors (Lipinski definition) is 1. The van der Waals surface area contributed by atoms with Crippen LogP contribution in [-0.4, -0.2) is 19.4 Å². The highest BCUT2D eigenvalue weighted by Crippen LogP contribution is 2.36. The first kappa shape index (κ1) is 19.6. The first-order valence-electron chi connectivity index (χ1n) is 7.95. The van der Waals surface area contributed by atoms with Crippen molar-refractivity contribution < 1.29 is 9.85 Å². The zero-order chi connectivity index (χ0) is 20.4. The second-order valence-corrected chi connectivity index (χ2v) is 6.73. The fraction of sp³-hybridized carbons (Fsp3) is 0.118. The quantitative estimate of drug-likeness (QED) is 0.460. The predicted octanol–water partition coefficient (Wildman–Crippen LogP) is 4.50. The Balaban J connectivity index is 1.87. The number of rotatable bonds is 6. The zero-order valence-electron chi connectivity index (χ0n) is 14.2. The Kier molecular flexibility index (Phi) is 5.48. The Bertz CT molecular complexity index is 1080. The highest BCUT2D eigenvalue weighted by molar-refractivity contribution is 6.36. The van der Waals surface area contributed by atoms with Gasteiger partial charge in [-0.1, -0.05) is 29.3 Å². The van der Waals surface area contributed by atoms with Crippen LogP contribution in [-0.2, 0) is 13.0 Å². The Morgan fingerprint density at radius 3 is 2.32 bits per heavy atom. The summed E-state index contributed by atoms with van der Waals surface area (Å²) < 4.78 is 1.64. The molecule has 28 heavy (non-hydrogen) atoms. The van der Waals surface area contributed by atoms with E-state index in [1.165, 1.54) is 24.4 Å². The lowest BCUT2D eigenvalue weighted by atomic mass is 10.1. The van der Waals surface area contributed by atoms with Crippen LogP contribution in [0.1, 0.15) is 5.69 Å². The van der Waals surface area contributed by atoms with Crippen molar-refractivity contribution in [2.45, 2.75) is 13.0 Å². The Labute approximate surface area is 168 Å². The number of aromatic nitrogens is 2. The van der Waals surface area contributed by atoms with Crippen LogP contribution in [0.3, 0.4) is 0 Å². The minimum atomic E-state index is -0.608. The first-order valence-corrected chi connectivity index (χ1v) is 8.71. The molecule has 0 atom stereocenters. The van der Waals surface area contributed by atoms with E-state index in [0.29, 0.717) is 39.8 Å². The maximum atomic E-state index is 11.4. The summed E-state index contributed by atoms with van der Waals surface area (Å²) in [7, 11) is 0. The van der Waals surface area contributed by atoms with E-state index >= 15 is 0 Å². The molecule has 0 radical (unpaired) electrons. The van der Waals surface area contributed by atoms with Crippen LogP contribution in [0.25, 0.3) is 11.1 Å². The van der Waals surface area contributed by atoms with Gasteiger partial charge in [0.15, 0.2) is 0 Å². The van der Waals surface area contributed by atoms with E-state index in [2.05, 4.69) is 4.98 Å². The van der Waals surface area contributed by atoms with Crippen LogP contribution in [0.15, 0.2) is 42.7 Å².